The number of carbonyl (C=O) groups excluding carboxylic acids is 1. The minimum absolute atomic E-state index is 0.294. The Morgan fingerprint density at radius 1 is 1.21 bits per heavy atom. The van der Waals surface area contributed by atoms with Crippen LogP contribution in [0.5, 0.6) is 0 Å². The third kappa shape index (κ3) is 9.46. The standard InChI is InChI=1S/C12H22O2/c1-2-3-6-9-12(14)10-7-4-5-8-11-13/h7,10-12,14H,2-6,8-9H2,1H3. The number of hydrogen-bond donors (Lipinski definition) is 1. The molecule has 0 bridgehead atoms. The quantitative estimate of drug-likeness (QED) is 0.351. The molecule has 0 amide bonds. The third-order valence-corrected chi connectivity index (χ3v) is 2.15. The number of aliphatic hydroxyl groups is 1. The molecule has 0 aromatic carbocycles. The average molecular weight is 198 g/mol. The van der Waals surface area contributed by atoms with Crippen molar-refractivity contribution in [1.82, 2.24) is 0 Å². The lowest BCUT2D eigenvalue weighted by Gasteiger charge is -2.03. The van der Waals surface area contributed by atoms with Gasteiger partial charge in [-0.1, -0.05) is 38.3 Å². The lowest BCUT2D eigenvalue weighted by molar-refractivity contribution is -0.107. The van der Waals surface area contributed by atoms with Crippen molar-refractivity contribution in [2.45, 2.75) is 58.0 Å². The summed E-state index contributed by atoms with van der Waals surface area (Å²) in [7, 11) is 0. The molecule has 0 saturated carbocycles. The number of rotatable bonds is 9. The van der Waals surface area contributed by atoms with Gasteiger partial charge in [0.05, 0.1) is 6.10 Å². The van der Waals surface area contributed by atoms with Gasteiger partial charge in [0.2, 0.25) is 0 Å². The smallest absolute Gasteiger partial charge is 0.120 e. The molecule has 2 heteroatoms. The molecule has 0 aromatic rings. The molecule has 14 heavy (non-hydrogen) atoms. The van der Waals surface area contributed by atoms with Crippen LogP contribution in [0.3, 0.4) is 0 Å². The molecule has 0 heterocycles. The first-order chi connectivity index (χ1) is 6.81. The Balaban J connectivity index is 3.30. The largest absolute Gasteiger partial charge is 0.389 e. The number of unbranched alkanes of at least 4 members (excludes halogenated alkanes) is 4. The summed E-state index contributed by atoms with van der Waals surface area (Å²) in [6.45, 7) is 2.15. The van der Waals surface area contributed by atoms with Gasteiger partial charge < -0.3 is 9.90 Å². The van der Waals surface area contributed by atoms with Crippen LogP contribution < -0.4 is 0 Å². The normalized spacial score (nSPS) is 13.3. The zero-order chi connectivity index (χ0) is 10.6. The molecular formula is C12H22O2. The summed E-state index contributed by atoms with van der Waals surface area (Å²) in [5.74, 6) is 0. The maximum absolute atomic E-state index is 10.0. The van der Waals surface area contributed by atoms with Crippen molar-refractivity contribution in [2.75, 3.05) is 0 Å². The second kappa shape index (κ2) is 10.5. The second-order valence-corrected chi connectivity index (χ2v) is 3.59. The van der Waals surface area contributed by atoms with E-state index in [1.165, 1.54) is 12.8 Å². The fourth-order valence-corrected chi connectivity index (χ4v) is 1.27. The average Bonchev–Trinajstić information content (AvgIpc) is 2.18. The van der Waals surface area contributed by atoms with Crippen LogP contribution in [-0.2, 0) is 4.79 Å². The summed E-state index contributed by atoms with van der Waals surface area (Å²) in [5.41, 5.74) is 0. The molecule has 2 nitrogen and oxygen atoms in total. The van der Waals surface area contributed by atoms with Crippen LogP contribution in [-0.4, -0.2) is 17.5 Å². The van der Waals surface area contributed by atoms with Crippen LogP contribution in [0.1, 0.15) is 51.9 Å². The van der Waals surface area contributed by atoms with E-state index in [1.54, 1.807) is 0 Å². The molecule has 0 aromatic heterocycles. The molecular weight excluding hydrogens is 176 g/mol. The zero-order valence-electron chi connectivity index (χ0n) is 9.11. The second-order valence-electron chi connectivity index (χ2n) is 3.59. The van der Waals surface area contributed by atoms with Gasteiger partial charge in [-0.3, -0.25) is 0 Å². The Kier molecular flexibility index (Phi) is 9.98. The highest BCUT2D eigenvalue weighted by atomic mass is 16.3. The van der Waals surface area contributed by atoms with Crippen molar-refractivity contribution < 1.29 is 9.90 Å². The molecule has 0 saturated heterocycles. The Morgan fingerprint density at radius 3 is 2.64 bits per heavy atom. The van der Waals surface area contributed by atoms with Crippen LogP contribution in [0, 0.1) is 0 Å². The van der Waals surface area contributed by atoms with Crippen LogP contribution in [0.25, 0.3) is 0 Å². The van der Waals surface area contributed by atoms with Crippen molar-refractivity contribution in [1.29, 1.82) is 0 Å². The Bertz CT molecular complexity index is 152. The molecule has 0 aliphatic heterocycles. The van der Waals surface area contributed by atoms with Gasteiger partial charge >= 0.3 is 0 Å². The predicted molar refractivity (Wildman–Crippen MR) is 59.2 cm³/mol. The molecule has 0 radical (unpaired) electrons. The molecule has 0 aliphatic rings. The monoisotopic (exact) mass is 198 g/mol. The molecule has 0 fully saturated rings. The van der Waals surface area contributed by atoms with E-state index in [0.29, 0.717) is 6.42 Å². The first-order valence-corrected chi connectivity index (χ1v) is 5.59. The van der Waals surface area contributed by atoms with Gasteiger partial charge in [0.25, 0.3) is 0 Å². The fourth-order valence-electron chi connectivity index (χ4n) is 1.27. The van der Waals surface area contributed by atoms with Crippen molar-refractivity contribution >= 4 is 6.29 Å². The van der Waals surface area contributed by atoms with Gasteiger partial charge in [-0.15, -0.1) is 0 Å². The van der Waals surface area contributed by atoms with Gasteiger partial charge in [-0.2, -0.15) is 0 Å². The van der Waals surface area contributed by atoms with Crippen LogP contribution in [0.4, 0.5) is 0 Å². The maximum atomic E-state index is 10.0. The van der Waals surface area contributed by atoms with E-state index in [2.05, 4.69) is 6.92 Å². The highest BCUT2D eigenvalue weighted by Crippen LogP contribution is 2.05. The maximum Gasteiger partial charge on any atom is 0.120 e. The van der Waals surface area contributed by atoms with Gasteiger partial charge in [0, 0.05) is 6.42 Å². The summed E-state index contributed by atoms with van der Waals surface area (Å²) in [4.78, 5) is 10.0. The molecule has 0 rings (SSSR count). The highest BCUT2D eigenvalue weighted by Gasteiger charge is 1.97. The van der Waals surface area contributed by atoms with Crippen LogP contribution in [0.2, 0.25) is 0 Å². The van der Waals surface area contributed by atoms with Gasteiger partial charge in [-0.05, 0) is 19.3 Å². The summed E-state index contributed by atoms with van der Waals surface area (Å²) in [6.07, 6.45) is 11.2. The third-order valence-electron chi connectivity index (χ3n) is 2.15. The molecule has 1 atom stereocenters. The van der Waals surface area contributed by atoms with Gasteiger partial charge in [0.15, 0.2) is 0 Å². The zero-order valence-corrected chi connectivity index (χ0v) is 9.11. The lowest BCUT2D eigenvalue weighted by atomic mass is 10.1. The van der Waals surface area contributed by atoms with Crippen molar-refractivity contribution in [2.24, 2.45) is 0 Å². The topological polar surface area (TPSA) is 37.3 Å². The molecule has 1 N–H and O–H groups in total. The summed E-state index contributed by atoms with van der Waals surface area (Å²) in [6, 6.07) is 0. The van der Waals surface area contributed by atoms with Gasteiger partial charge in [-0.25, -0.2) is 0 Å². The predicted octanol–water partition coefficient (Wildman–Crippen LogP) is 2.85. The Morgan fingerprint density at radius 2 is 2.00 bits per heavy atom. The van der Waals surface area contributed by atoms with Crippen LogP contribution in [0.15, 0.2) is 12.2 Å². The fraction of sp³-hybridized carbons (Fsp3) is 0.750. The number of hydrogen-bond acceptors (Lipinski definition) is 2. The number of aldehydes is 1. The molecule has 0 aliphatic carbocycles. The van der Waals surface area contributed by atoms with E-state index in [1.807, 2.05) is 12.2 Å². The van der Waals surface area contributed by atoms with E-state index in [-0.39, 0.29) is 6.10 Å². The summed E-state index contributed by atoms with van der Waals surface area (Å²) in [5, 5.41) is 9.48. The molecule has 0 spiro atoms. The molecule has 82 valence electrons. The molecule has 1 unspecified atom stereocenters. The van der Waals surface area contributed by atoms with E-state index in [0.717, 1.165) is 32.0 Å². The van der Waals surface area contributed by atoms with Crippen LogP contribution >= 0.6 is 0 Å². The Labute approximate surface area is 87.0 Å². The number of carbonyl (C=O) groups is 1. The summed E-state index contributed by atoms with van der Waals surface area (Å²) < 4.78 is 0. The van der Waals surface area contributed by atoms with E-state index >= 15 is 0 Å². The SMILES string of the molecule is CCCCCC(O)C=CCCCC=O. The van der Waals surface area contributed by atoms with Gasteiger partial charge in [0.1, 0.15) is 6.29 Å². The van der Waals surface area contributed by atoms with E-state index < -0.39 is 0 Å². The lowest BCUT2D eigenvalue weighted by Crippen LogP contribution is -2.01. The van der Waals surface area contributed by atoms with Crippen molar-refractivity contribution in [3.63, 3.8) is 0 Å². The first kappa shape index (κ1) is 13.4. The van der Waals surface area contributed by atoms with E-state index in [4.69, 9.17) is 0 Å². The summed E-state index contributed by atoms with van der Waals surface area (Å²) >= 11 is 0. The van der Waals surface area contributed by atoms with Crippen molar-refractivity contribution in [3.8, 4) is 0 Å². The minimum atomic E-state index is -0.294. The highest BCUT2D eigenvalue weighted by molar-refractivity contribution is 5.48. The number of allylic oxidation sites excluding steroid dienone is 1. The Hall–Kier alpha value is -0.630. The van der Waals surface area contributed by atoms with E-state index in [9.17, 15) is 9.90 Å². The van der Waals surface area contributed by atoms with Crippen molar-refractivity contribution in [3.05, 3.63) is 12.2 Å². The first-order valence-electron chi connectivity index (χ1n) is 5.59. The number of aliphatic hydroxyl groups excluding tert-OH is 1. The minimum Gasteiger partial charge on any atom is -0.389 e.